The molecular formula is C42H84N2O2. The zero-order chi connectivity index (χ0) is 33.4. The Labute approximate surface area is 289 Å². The van der Waals surface area contributed by atoms with Crippen molar-refractivity contribution in [2.75, 3.05) is 6.54 Å². The second-order valence-corrected chi connectivity index (χ2v) is 14.7. The van der Waals surface area contributed by atoms with Crippen LogP contribution < -0.4 is 11.1 Å². The van der Waals surface area contributed by atoms with Crippen molar-refractivity contribution in [2.24, 2.45) is 5.73 Å². The molecule has 2 amide bonds. The van der Waals surface area contributed by atoms with Gasteiger partial charge in [-0.05, 0) is 19.3 Å². The topological polar surface area (TPSA) is 72.2 Å². The maximum Gasteiger partial charge on any atom is 0.219 e. The average Bonchev–Trinajstić information content (AvgIpc) is 3.04. The summed E-state index contributed by atoms with van der Waals surface area (Å²) in [4.78, 5) is 22.8. The first-order valence-corrected chi connectivity index (χ1v) is 21.2. The normalized spacial score (nSPS) is 11.3. The molecule has 3 N–H and O–H groups in total. The van der Waals surface area contributed by atoms with Crippen molar-refractivity contribution < 1.29 is 9.59 Å². The SMILES string of the molecule is CCCCCCCCCCCCCCCCCCCCCC(=O)NCCCCCCCCCCCCCCCCCCCC(N)=O. The predicted molar refractivity (Wildman–Crippen MR) is 203 cm³/mol. The highest BCUT2D eigenvalue weighted by Gasteiger charge is 2.01. The molecule has 0 radical (unpaired) electrons. The molecule has 0 saturated carbocycles. The minimum atomic E-state index is -0.159. The van der Waals surface area contributed by atoms with Gasteiger partial charge in [0.25, 0.3) is 0 Å². The van der Waals surface area contributed by atoms with Crippen LogP contribution >= 0.6 is 0 Å². The Bertz CT molecular complexity index is 608. The van der Waals surface area contributed by atoms with Gasteiger partial charge in [-0.3, -0.25) is 9.59 Å². The molecule has 0 aliphatic carbocycles. The number of carbonyl (C=O) groups excluding carboxylic acids is 2. The van der Waals surface area contributed by atoms with Crippen LogP contribution in [0, 0.1) is 0 Å². The monoisotopic (exact) mass is 649 g/mol. The number of hydrogen-bond donors (Lipinski definition) is 2. The molecule has 274 valence electrons. The van der Waals surface area contributed by atoms with Crippen LogP contribution in [0.4, 0.5) is 0 Å². The van der Waals surface area contributed by atoms with Gasteiger partial charge in [-0.15, -0.1) is 0 Å². The van der Waals surface area contributed by atoms with Gasteiger partial charge in [0, 0.05) is 19.4 Å². The Hall–Kier alpha value is -1.06. The van der Waals surface area contributed by atoms with Crippen molar-refractivity contribution in [3.63, 3.8) is 0 Å². The highest BCUT2D eigenvalue weighted by Crippen LogP contribution is 2.16. The minimum Gasteiger partial charge on any atom is -0.370 e. The minimum absolute atomic E-state index is 0.159. The summed E-state index contributed by atoms with van der Waals surface area (Å²) >= 11 is 0. The zero-order valence-corrected chi connectivity index (χ0v) is 31.5. The van der Waals surface area contributed by atoms with Crippen LogP contribution in [-0.2, 0) is 9.59 Å². The van der Waals surface area contributed by atoms with E-state index in [4.69, 9.17) is 5.73 Å². The summed E-state index contributed by atoms with van der Waals surface area (Å²) in [7, 11) is 0. The number of rotatable bonds is 40. The first-order valence-electron chi connectivity index (χ1n) is 21.2. The number of hydrogen-bond acceptors (Lipinski definition) is 2. The van der Waals surface area contributed by atoms with Gasteiger partial charge in [-0.1, -0.05) is 219 Å². The maximum absolute atomic E-state index is 12.1. The van der Waals surface area contributed by atoms with E-state index >= 15 is 0 Å². The van der Waals surface area contributed by atoms with Gasteiger partial charge in [0.05, 0.1) is 0 Å². The summed E-state index contributed by atoms with van der Waals surface area (Å²) in [5.41, 5.74) is 5.17. The van der Waals surface area contributed by atoms with Gasteiger partial charge < -0.3 is 11.1 Å². The lowest BCUT2D eigenvalue weighted by molar-refractivity contribution is -0.121. The fourth-order valence-corrected chi connectivity index (χ4v) is 6.76. The molecule has 0 unspecified atom stereocenters. The Morgan fingerprint density at radius 3 is 0.870 bits per heavy atom. The molecule has 0 aromatic carbocycles. The fourth-order valence-electron chi connectivity index (χ4n) is 6.76. The maximum atomic E-state index is 12.1. The molecule has 46 heavy (non-hydrogen) atoms. The highest BCUT2D eigenvalue weighted by atomic mass is 16.1. The molecule has 0 bridgehead atoms. The number of carbonyl (C=O) groups is 2. The second kappa shape index (κ2) is 40.1. The van der Waals surface area contributed by atoms with Crippen molar-refractivity contribution in [1.29, 1.82) is 0 Å². The Balaban J connectivity index is 3.15. The molecule has 0 spiro atoms. The van der Waals surface area contributed by atoms with Crippen LogP contribution in [0.5, 0.6) is 0 Å². The molecule has 0 rings (SSSR count). The summed E-state index contributed by atoms with van der Waals surface area (Å²) in [5, 5.41) is 3.15. The molecule has 4 heteroatoms. The zero-order valence-electron chi connectivity index (χ0n) is 31.5. The van der Waals surface area contributed by atoms with Crippen LogP contribution in [0.3, 0.4) is 0 Å². The first kappa shape index (κ1) is 44.9. The number of amides is 2. The van der Waals surface area contributed by atoms with Crippen molar-refractivity contribution in [2.45, 2.75) is 251 Å². The molecule has 0 aromatic rings. The van der Waals surface area contributed by atoms with Crippen LogP contribution in [0.15, 0.2) is 0 Å². The third-order valence-corrected chi connectivity index (χ3v) is 9.93. The van der Waals surface area contributed by atoms with E-state index in [9.17, 15) is 9.59 Å². The Morgan fingerprint density at radius 2 is 0.587 bits per heavy atom. The Morgan fingerprint density at radius 1 is 0.348 bits per heavy atom. The third kappa shape index (κ3) is 41.0. The Kier molecular flexibility index (Phi) is 39.2. The van der Waals surface area contributed by atoms with Crippen molar-refractivity contribution in [3.8, 4) is 0 Å². The van der Waals surface area contributed by atoms with E-state index in [1.807, 2.05) is 0 Å². The van der Waals surface area contributed by atoms with Gasteiger partial charge >= 0.3 is 0 Å². The molecule has 4 nitrogen and oxygen atoms in total. The largest absolute Gasteiger partial charge is 0.370 e. The number of nitrogens with one attached hydrogen (secondary N) is 1. The van der Waals surface area contributed by atoms with E-state index in [0.29, 0.717) is 6.42 Å². The molecule has 0 aromatic heterocycles. The standard InChI is InChI=1S/C42H84N2O2/c1-2-3-4-5-6-7-8-9-10-11-12-15-18-21-24-27-30-33-36-39-42(46)44-40-37-34-31-28-25-22-19-16-13-14-17-20-23-26-29-32-35-38-41(43)45/h2-40H2,1H3,(H2,43,45)(H,44,46). The molecule has 0 atom stereocenters. The van der Waals surface area contributed by atoms with Crippen molar-refractivity contribution >= 4 is 11.8 Å². The van der Waals surface area contributed by atoms with Gasteiger partial charge in [-0.2, -0.15) is 0 Å². The van der Waals surface area contributed by atoms with Crippen molar-refractivity contribution in [1.82, 2.24) is 5.32 Å². The molecular weight excluding hydrogens is 564 g/mol. The summed E-state index contributed by atoms with van der Waals surface area (Å²) < 4.78 is 0. The lowest BCUT2D eigenvalue weighted by Gasteiger charge is -2.06. The average molecular weight is 649 g/mol. The number of nitrogens with two attached hydrogens (primary N) is 1. The van der Waals surface area contributed by atoms with Crippen LogP contribution in [0.2, 0.25) is 0 Å². The van der Waals surface area contributed by atoms with Crippen molar-refractivity contribution in [3.05, 3.63) is 0 Å². The van der Waals surface area contributed by atoms with E-state index in [2.05, 4.69) is 12.2 Å². The lowest BCUT2D eigenvalue weighted by atomic mass is 10.0. The third-order valence-electron chi connectivity index (χ3n) is 9.93. The lowest BCUT2D eigenvalue weighted by Crippen LogP contribution is -2.23. The summed E-state index contributed by atoms with van der Waals surface area (Å²) in [6, 6.07) is 0. The number of primary amides is 1. The van der Waals surface area contributed by atoms with Crippen LogP contribution in [0.1, 0.15) is 251 Å². The summed E-state index contributed by atoms with van der Waals surface area (Å²) in [5.74, 6) is 0.108. The molecule has 0 heterocycles. The van der Waals surface area contributed by atoms with Gasteiger partial charge in [0.1, 0.15) is 0 Å². The van der Waals surface area contributed by atoms with Crippen LogP contribution in [0.25, 0.3) is 0 Å². The number of unbranched alkanes of at least 4 members (excludes halogenated alkanes) is 34. The van der Waals surface area contributed by atoms with Crippen LogP contribution in [-0.4, -0.2) is 18.4 Å². The fraction of sp³-hybridized carbons (Fsp3) is 0.952. The van der Waals surface area contributed by atoms with Gasteiger partial charge in [0.15, 0.2) is 0 Å². The second-order valence-electron chi connectivity index (χ2n) is 14.7. The molecule has 0 saturated heterocycles. The highest BCUT2D eigenvalue weighted by molar-refractivity contribution is 5.75. The molecule has 0 aliphatic rings. The van der Waals surface area contributed by atoms with E-state index in [0.717, 1.165) is 38.6 Å². The molecule has 0 aliphatic heterocycles. The summed E-state index contributed by atoms with van der Waals surface area (Å²) in [6.45, 7) is 3.16. The van der Waals surface area contributed by atoms with Gasteiger partial charge in [0.2, 0.25) is 11.8 Å². The van der Waals surface area contributed by atoms with E-state index in [1.165, 1.54) is 205 Å². The van der Waals surface area contributed by atoms with Gasteiger partial charge in [-0.25, -0.2) is 0 Å². The molecule has 0 fully saturated rings. The van der Waals surface area contributed by atoms with E-state index < -0.39 is 0 Å². The smallest absolute Gasteiger partial charge is 0.219 e. The first-order chi connectivity index (χ1) is 22.7. The summed E-state index contributed by atoms with van der Waals surface area (Å²) in [6.07, 6.45) is 49.9. The van der Waals surface area contributed by atoms with E-state index in [1.54, 1.807) is 0 Å². The predicted octanol–water partition coefficient (Wildman–Crippen LogP) is 13.4. The van der Waals surface area contributed by atoms with E-state index in [-0.39, 0.29) is 11.8 Å². The quantitative estimate of drug-likeness (QED) is 0.0649.